The van der Waals surface area contributed by atoms with Crippen molar-refractivity contribution >= 4 is 46.6 Å². The van der Waals surface area contributed by atoms with Crippen molar-refractivity contribution in [3.05, 3.63) is 45.2 Å². The predicted molar refractivity (Wildman–Crippen MR) is 144 cm³/mol. The van der Waals surface area contributed by atoms with Crippen LogP contribution in [0.3, 0.4) is 0 Å². The average molecular weight is 534 g/mol. The standard InChI is InChI=1S/C24H33Cl2N9O/c1-2-16-13-34(24-20(26)31-19(23(30)36)22(29)32-24)9-10-35(16)17-5-7-33(8-6-17)12-14-3-4-15(25)11-18(14)21(27)28/h3-4,11,16-17H,2,5-10,12-13H2,1H3,(H3,27,28)(H2,29,32)(H2,30,36)/t16-/m0/s1. The molecule has 10 nitrogen and oxygen atoms in total. The molecule has 2 saturated heterocycles. The van der Waals surface area contributed by atoms with Crippen molar-refractivity contribution in [2.24, 2.45) is 11.5 Å². The number of carbonyl (C=O) groups excluding carboxylic acids is 1. The number of amides is 1. The third-order valence-electron chi connectivity index (χ3n) is 7.18. The highest BCUT2D eigenvalue weighted by Crippen LogP contribution is 2.30. The van der Waals surface area contributed by atoms with Crippen LogP contribution in [0.5, 0.6) is 0 Å². The highest BCUT2D eigenvalue weighted by molar-refractivity contribution is 6.32. The fraction of sp³-hybridized carbons (Fsp3) is 0.500. The van der Waals surface area contributed by atoms with E-state index in [0.29, 0.717) is 28.5 Å². The molecule has 1 amide bonds. The molecule has 0 bridgehead atoms. The van der Waals surface area contributed by atoms with Gasteiger partial charge in [0.25, 0.3) is 5.91 Å². The number of primary amides is 1. The molecule has 0 unspecified atom stereocenters. The molecule has 2 fully saturated rings. The monoisotopic (exact) mass is 533 g/mol. The Morgan fingerprint density at radius 1 is 1.14 bits per heavy atom. The third-order valence-corrected chi connectivity index (χ3v) is 7.67. The predicted octanol–water partition coefficient (Wildman–Crippen LogP) is 2.31. The normalized spacial score (nSPS) is 20.0. The van der Waals surface area contributed by atoms with E-state index in [1.54, 1.807) is 6.07 Å². The van der Waals surface area contributed by atoms with Crippen LogP contribution in [-0.4, -0.2) is 76.3 Å². The van der Waals surface area contributed by atoms with Gasteiger partial charge in [-0.25, -0.2) is 9.97 Å². The van der Waals surface area contributed by atoms with Crippen LogP contribution in [0.4, 0.5) is 11.6 Å². The van der Waals surface area contributed by atoms with Gasteiger partial charge in [-0.1, -0.05) is 36.2 Å². The van der Waals surface area contributed by atoms with Gasteiger partial charge < -0.3 is 22.1 Å². The highest BCUT2D eigenvalue weighted by Gasteiger charge is 2.34. The van der Waals surface area contributed by atoms with Crippen LogP contribution in [0, 0.1) is 5.41 Å². The summed E-state index contributed by atoms with van der Waals surface area (Å²) in [5, 5.41) is 8.61. The van der Waals surface area contributed by atoms with Crippen molar-refractivity contribution in [2.75, 3.05) is 43.4 Å². The number of aromatic nitrogens is 2. The molecule has 3 heterocycles. The minimum Gasteiger partial charge on any atom is -0.384 e. The Balaban J connectivity index is 1.38. The lowest BCUT2D eigenvalue weighted by molar-refractivity contribution is 0.0610. The van der Waals surface area contributed by atoms with Crippen LogP contribution in [0.1, 0.15) is 47.8 Å². The molecule has 0 aliphatic carbocycles. The lowest BCUT2D eigenvalue weighted by Crippen LogP contribution is -2.58. The number of nitrogen functional groups attached to an aromatic ring is 2. The van der Waals surface area contributed by atoms with Crippen molar-refractivity contribution < 1.29 is 4.79 Å². The molecule has 2 aromatic rings. The zero-order valence-electron chi connectivity index (χ0n) is 20.4. The van der Waals surface area contributed by atoms with Gasteiger partial charge in [-0.2, -0.15) is 0 Å². The number of piperazine rings is 1. The average Bonchev–Trinajstić information content (AvgIpc) is 2.86. The molecule has 1 aromatic carbocycles. The van der Waals surface area contributed by atoms with Crippen molar-refractivity contribution in [1.82, 2.24) is 19.8 Å². The first-order valence-electron chi connectivity index (χ1n) is 12.2. The largest absolute Gasteiger partial charge is 0.384 e. The van der Waals surface area contributed by atoms with Gasteiger partial charge in [-0.15, -0.1) is 0 Å². The Bertz CT molecular complexity index is 1140. The summed E-state index contributed by atoms with van der Waals surface area (Å²) in [6.45, 7) is 7.28. The van der Waals surface area contributed by atoms with E-state index in [2.05, 4.69) is 31.6 Å². The number of rotatable bonds is 7. The Hall–Kier alpha value is -2.66. The Labute approximate surface area is 221 Å². The van der Waals surface area contributed by atoms with Crippen molar-refractivity contribution in [1.29, 1.82) is 5.41 Å². The highest BCUT2D eigenvalue weighted by atomic mass is 35.5. The summed E-state index contributed by atoms with van der Waals surface area (Å²) in [7, 11) is 0. The summed E-state index contributed by atoms with van der Waals surface area (Å²) in [6, 6.07) is 6.42. The van der Waals surface area contributed by atoms with E-state index in [1.807, 2.05) is 12.1 Å². The molecule has 194 valence electrons. The maximum atomic E-state index is 11.5. The van der Waals surface area contributed by atoms with E-state index < -0.39 is 5.91 Å². The number of amidine groups is 1. The smallest absolute Gasteiger partial charge is 0.271 e. The number of hydrogen-bond donors (Lipinski definition) is 4. The first-order valence-corrected chi connectivity index (χ1v) is 12.9. The van der Waals surface area contributed by atoms with Gasteiger partial charge in [0.2, 0.25) is 0 Å². The molecule has 2 aliphatic rings. The molecule has 1 aromatic heterocycles. The van der Waals surface area contributed by atoms with E-state index in [1.165, 1.54) is 0 Å². The van der Waals surface area contributed by atoms with Gasteiger partial charge >= 0.3 is 0 Å². The molecular weight excluding hydrogens is 501 g/mol. The van der Waals surface area contributed by atoms with Crippen LogP contribution in [0.2, 0.25) is 10.2 Å². The topological polar surface area (TPSA) is 154 Å². The Morgan fingerprint density at radius 2 is 1.86 bits per heavy atom. The number of piperidine rings is 1. The number of benzene rings is 1. The molecule has 0 radical (unpaired) electrons. The molecule has 4 rings (SSSR count). The second-order valence-corrected chi connectivity index (χ2v) is 10.2. The van der Waals surface area contributed by atoms with Crippen LogP contribution in [-0.2, 0) is 6.54 Å². The van der Waals surface area contributed by atoms with Crippen LogP contribution in [0.15, 0.2) is 18.2 Å². The molecule has 2 aliphatic heterocycles. The van der Waals surface area contributed by atoms with Gasteiger partial charge in [-0.05, 0) is 50.0 Å². The molecule has 0 saturated carbocycles. The van der Waals surface area contributed by atoms with Crippen LogP contribution >= 0.6 is 23.2 Å². The number of nitrogens with one attached hydrogen (secondary N) is 1. The Morgan fingerprint density at radius 3 is 2.50 bits per heavy atom. The van der Waals surface area contributed by atoms with Crippen LogP contribution in [0.25, 0.3) is 0 Å². The van der Waals surface area contributed by atoms with Gasteiger partial charge in [0.1, 0.15) is 5.84 Å². The molecule has 0 spiro atoms. The Kier molecular flexibility index (Phi) is 8.19. The van der Waals surface area contributed by atoms with Gasteiger partial charge in [-0.3, -0.25) is 20.0 Å². The molecular formula is C24H33Cl2N9O. The number of carbonyl (C=O) groups is 1. The quantitative estimate of drug-likeness (QED) is 0.312. The first kappa shape index (κ1) is 26.4. The number of hydrogen-bond acceptors (Lipinski definition) is 8. The van der Waals surface area contributed by atoms with Crippen LogP contribution < -0.4 is 22.1 Å². The second kappa shape index (κ2) is 11.2. The van der Waals surface area contributed by atoms with Gasteiger partial charge in [0.15, 0.2) is 22.5 Å². The number of nitrogens with zero attached hydrogens (tertiary/aromatic N) is 5. The van der Waals surface area contributed by atoms with Gasteiger partial charge in [0.05, 0.1) is 0 Å². The fourth-order valence-corrected chi connectivity index (χ4v) is 5.71. The first-order chi connectivity index (χ1) is 17.2. The minimum absolute atomic E-state index is 0.00151. The molecule has 36 heavy (non-hydrogen) atoms. The van der Waals surface area contributed by atoms with Gasteiger partial charge in [0, 0.05) is 48.8 Å². The second-order valence-electron chi connectivity index (χ2n) is 9.40. The SMILES string of the molecule is CC[C@H]1CN(c2nc(N)c(C(N)=O)nc2Cl)CCN1C1CCN(Cc2ccc(Cl)cc2C(=N)N)CC1. The van der Waals surface area contributed by atoms with Crippen molar-refractivity contribution in [2.45, 2.75) is 44.8 Å². The zero-order chi connectivity index (χ0) is 26.0. The third kappa shape index (κ3) is 5.67. The maximum Gasteiger partial charge on any atom is 0.271 e. The molecule has 12 heteroatoms. The molecule has 7 N–H and O–H groups in total. The summed E-state index contributed by atoms with van der Waals surface area (Å²) in [5.41, 5.74) is 18.6. The number of anilines is 2. The summed E-state index contributed by atoms with van der Waals surface area (Å²) in [5.74, 6) is -0.207. The number of nitrogens with two attached hydrogens (primary N) is 3. The van der Waals surface area contributed by atoms with E-state index in [9.17, 15) is 4.79 Å². The van der Waals surface area contributed by atoms with E-state index in [0.717, 1.165) is 64.1 Å². The number of halogens is 2. The maximum absolute atomic E-state index is 11.5. The van der Waals surface area contributed by atoms with Crippen molar-refractivity contribution in [3.8, 4) is 0 Å². The summed E-state index contributed by atoms with van der Waals surface area (Å²) >= 11 is 12.5. The fourth-order valence-electron chi connectivity index (χ4n) is 5.29. The minimum atomic E-state index is -0.746. The van der Waals surface area contributed by atoms with E-state index in [-0.39, 0.29) is 22.5 Å². The summed E-state index contributed by atoms with van der Waals surface area (Å²) in [4.78, 5) is 27.1. The number of likely N-dealkylation sites (tertiary alicyclic amines) is 1. The van der Waals surface area contributed by atoms with Crippen molar-refractivity contribution in [3.63, 3.8) is 0 Å². The lowest BCUT2D eigenvalue weighted by Gasteiger charge is -2.47. The molecule has 1 atom stereocenters. The summed E-state index contributed by atoms with van der Waals surface area (Å²) in [6.07, 6.45) is 3.13. The zero-order valence-corrected chi connectivity index (χ0v) is 21.9. The van der Waals surface area contributed by atoms with E-state index in [4.69, 9.17) is 45.8 Å². The van der Waals surface area contributed by atoms with E-state index >= 15 is 0 Å². The lowest BCUT2D eigenvalue weighted by atomic mass is 9.97. The summed E-state index contributed by atoms with van der Waals surface area (Å²) < 4.78 is 0.